The number of ether oxygens (including phenoxy) is 1. The van der Waals surface area contributed by atoms with Gasteiger partial charge < -0.3 is 15.4 Å². The molecular formula is C28H34F3N7O5S. The molecule has 1 aliphatic rings. The van der Waals surface area contributed by atoms with Crippen molar-refractivity contribution in [1.82, 2.24) is 25.9 Å². The van der Waals surface area contributed by atoms with Crippen molar-refractivity contribution in [2.75, 3.05) is 16.9 Å². The summed E-state index contributed by atoms with van der Waals surface area (Å²) >= 11 is 0. The number of aromatic nitrogens is 4. The average Bonchev–Trinajstić information content (AvgIpc) is 3.44. The number of aromatic amines is 1. The molecule has 16 heteroatoms. The Labute approximate surface area is 252 Å². The number of urea groups is 1. The van der Waals surface area contributed by atoms with Crippen LogP contribution in [0, 0.1) is 17.3 Å². The third-order valence-corrected chi connectivity index (χ3v) is 8.80. The largest absolute Gasteiger partial charge is 0.573 e. The Bertz CT molecular complexity index is 1570. The first-order valence-corrected chi connectivity index (χ1v) is 15.7. The Balaban J connectivity index is 1.55. The highest BCUT2D eigenvalue weighted by Crippen LogP contribution is 2.43. The van der Waals surface area contributed by atoms with E-state index in [0.717, 1.165) is 55.7 Å². The van der Waals surface area contributed by atoms with E-state index in [-0.39, 0.29) is 23.0 Å². The SMILES string of the molecule is CC(C)(C)C1CCC(C(NC(=O)Nc2ccc(OC(F)(F)F)c(S(C)(=O)=O)c2)c2ccc(C(=O)Nc3nn[nH]n3)cc2)CC1. The number of nitrogens with zero attached hydrogens (tertiary/aromatic N) is 3. The van der Waals surface area contributed by atoms with Crippen LogP contribution < -0.4 is 20.7 Å². The maximum absolute atomic E-state index is 13.2. The molecule has 1 fully saturated rings. The predicted molar refractivity (Wildman–Crippen MR) is 155 cm³/mol. The number of sulfone groups is 1. The molecule has 1 aromatic heterocycles. The zero-order valence-electron chi connectivity index (χ0n) is 24.5. The molecule has 4 rings (SSSR count). The summed E-state index contributed by atoms with van der Waals surface area (Å²) in [6.45, 7) is 6.61. The lowest BCUT2D eigenvalue weighted by Crippen LogP contribution is -2.38. The summed E-state index contributed by atoms with van der Waals surface area (Å²) in [6.07, 6.45) is -0.794. The second kappa shape index (κ2) is 12.8. The van der Waals surface area contributed by atoms with Crippen molar-refractivity contribution in [3.8, 4) is 5.75 Å². The van der Waals surface area contributed by atoms with Crippen molar-refractivity contribution in [3.05, 3.63) is 53.6 Å². The summed E-state index contributed by atoms with van der Waals surface area (Å²) in [5.74, 6) is -0.778. The Morgan fingerprint density at radius 2 is 1.66 bits per heavy atom. The number of halogens is 3. The van der Waals surface area contributed by atoms with Gasteiger partial charge in [0.2, 0.25) is 0 Å². The highest BCUT2D eigenvalue weighted by molar-refractivity contribution is 7.90. The number of carbonyl (C=O) groups is 2. The van der Waals surface area contributed by atoms with Crippen molar-refractivity contribution < 1.29 is 35.9 Å². The first kappa shape index (κ1) is 32.7. The number of tetrazole rings is 1. The quantitative estimate of drug-likeness (QED) is 0.252. The standard InChI is InChI=1S/C28H34F3N7O5S/c1-27(2,3)19-11-9-17(10-12-19)23(16-5-7-18(8-6-16)24(39)34-25-35-37-38-36-25)33-26(40)32-20-13-14-21(43-28(29,30)31)22(15-20)44(4,41)42/h5-8,13-15,17,19,23H,9-12H2,1-4H3,(H2,32,33,40)(H2,34,35,36,37,38,39). The van der Waals surface area contributed by atoms with E-state index in [9.17, 15) is 31.2 Å². The predicted octanol–water partition coefficient (Wildman–Crippen LogP) is 5.47. The van der Waals surface area contributed by atoms with Crippen molar-refractivity contribution >= 4 is 33.4 Å². The van der Waals surface area contributed by atoms with E-state index < -0.39 is 44.8 Å². The van der Waals surface area contributed by atoms with E-state index in [1.807, 2.05) is 0 Å². The molecule has 0 spiro atoms. The summed E-state index contributed by atoms with van der Waals surface area (Å²) < 4.78 is 66.7. The number of H-pyrrole nitrogens is 1. The van der Waals surface area contributed by atoms with Gasteiger partial charge in [0.05, 0.1) is 6.04 Å². The topological polar surface area (TPSA) is 168 Å². The van der Waals surface area contributed by atoms with Crippen molar-refractivity contribution in [2.45, 2.75) is 63.8 Å². The fourth-order valence-corrected chi connectivity index (χ4v) is 6.23. The van der Waals surface area contributed by atoms with Crippen LogP contribution in [-0.4, -0.2) is 53.6 Å². The average molecular weight is 638 g/mol. The Morgan fingerprint density at radius 3 is 2.20 bits per heavy atom. The summed E-state index contributed by atoms with van der Waals surface area (Å²) in [6, 6.07) is 8.39. The second-order valence-electron chi connectivity index (χ2n) is 11.8. The fourth-order valence-electron chi connectivity index (χ4n) is 5.42. The molecule has 12 nitrogen and oxygen atoms in total. The third-order valence-electron chi connectivity index (χ3n) is 7.68. The van der Waals surface area contributed by atoms with Gasteiger partial charge in [0, 0.05) is 17.5 Å². The number of hydrogen-bond acceptors (Lipinski definition) is 8. The molecule has 1 atom stereocenters. The van der Waals surface area contributed by atoms with Crippen LogP contribution in [0.2, 0.25) is 0 Å². The first-order chi connectivity index (χ1) is 20.5. The van der Waals surface area contributed by atoms with Crippen molar-refractivity contribution in [2.24, 2.45) is 17.3 Å². The van der Waals surface area contributed by atoms with Crippen LogP contribution in [0.15, 0.2) is 47.4 Å². The van der Waals surface area contributed by atoms with Crippen LogP contribution in [0.4, 0.5) is 29.6 Å². The molecule has 0 radical (unpaired) electrons. The molecule has 1 aliphatic carbocycles. The lowest BCUT2D eigenvalue weighted by molar-refractivity contribution is -0.275. The van der Waals surface area contributed by atoms with Crippen LogP contribution in [0.5, 0.6) is 5.75 Å². The van der Waals surface area contributed by atoms with Gasteiger partial charge in [-0.15, -0.1) is 18.3 Å². The lowest BCUT2D eigenvalue weighted by atomic mass is 9.68. The van der Waals surface area contributed by atoms with Crippen LogP contribution in [0.1, 0.15) is 68.4 Å². The Kier molecular flexibility index (Phi) is 9.51. The van der Waals surface area contributed by atoms with Crippen LogP contribution in [-0.2, 0) is 9.84 Å². The van der Waals surface area contributed by atoms with E-state index in [2.05, 4.69) is 62.1 Å². The minimum Gasteiger partial charge on any atom is -0.404 e. The van der Waals surface area contributed by atoms with Gasteiger partial charge in [-0.3, -0.25) is 10.1 Å². The maximum Gasteiger partial charge on any atom is 0.573 e. The number of amides is 3. The molecule has 44 heavy (non-hydrogen) atoms. The Morgan fingerprint density at radius 1 is 1.00 bits per heavy atom. The van der Waals surface area contributed by atoms with Crippen LogP contribution >= 0.6 is 0 Å². The van der Waals surface area contributed by atoms with Gasteiger partial charge in [0.15, 0.2) is 9.84 Å². The molecule has 2 aromatic carbocycles. The van der Waals surface area contributed by atoms with Crippen molar-refractivity contribution in [1.29, 1.82) is 0 Å². The number of alkyl halides is 3. The molecule has 0 aliphatic heterocycles. The highest BCUT2D eigenvalue weighted by atomic mass is 32.2. The molecule has 0 bridgehead atoms. The minimum atomic E-state index is -5.10. The normalized spacial score (nSPS) is 18.2. The number of benzene rings is 2. The minimum absolute atomic E-state index is 0.0166. The number of hydrogen-bond donors (Lipinski definition) is 4. The monoisotopic (exact) mass is 637 g/mol. The molecule has 238 valence electrons. The molecule has 4 N–H and O–H groups in total. The van der Waals surface area contributed by atoms with E-state index >= 15 is 0 Å². The van der Waals surface area contributed by atoms with Crippen molar-refractivity contribution in [3.63, 3.8) is 0 Å². The summed E-state index contributed by atoms with van der Waals surface area (Å²) in [7, 11) is -4.13. The van der Waals surface area contributed by atoms with Gasteiger partial charge in [0.1, 0.15) is 10.6 Å². The van der Waals surface area contributed by atoms with E-state index in [1.165, 1.54) is 0 Å². The van der Waals surface area contributed by atoms with E-state index in [4.69, 9.17) is 0 Å². The molecule has 1 unspecified atom stereocenters. The highest BCUT2D eigenvalue weighted by Gasteiger charge is 2.35. The van der Waals surface area contributed by atoms with E-state index in [1.54, 1.807) is 24.3 Å². The molecule has 1 heterocycles. The fraction of sp³-hybridized carbons (Fsp3) is 0.464. The van der Waals surface area contributed by atoms with Gasteiger partial charge in [-0.1, -0.05) is 38.0 Å². The van der Waals surface area contributed by atoms with Gasteiger partial charge in [0.25, 0.3) is 11.9 Å². The third kappa shape index (κ3) is 8.67. The number of rotatable bonds is 8. The summed E-state index contributed by atoms with van der Waals surface area (Å²) in [4.78, 5) is 25.1. The van der Waals surface area contributed by atoms with Gasteiger partial charge in [-0.2, -0.15) is 5.21 Å². The zero-order chi connectivity index (χ0) is 32.3. The van der Waals surface area contributed by atoms with Crippen LogP contribution in [0.3, 0.4) is 0 Å². The van der Waals surface area contributed by atoms with Gasteiger partial charge >= 0.3 is 12.4 Å². The maximum atomic E-state index is 13.2. The molecule has 3 aromatic rings. The summed E-state index contributed by atoms with van der Waals surface area (Å²) in [5.41, 5.74) is 1.16. The Hall–Kier alpha value is -4.21. The first-order valence-electron chi connectivity index (χ1n) is 13.8. The number of nitrogens with one attached hydrogen (secondary N) is 4. The van der Waals surface area contributed by atoms with Gasteiger partial charge in [-0.05, 0) is 84.0 Å². The molecule has 0 saturated heterocycles. The smallest absolute Gasteiger partial charge is 0.404 e. The zero-order valence-corrected chi connectivity index (χ0v) is 25.3. The van der Waals surface area contributed by atoms with Crippen LogP contribution in [0.25, 0.3) is 0 Å². The lowest BCUT2D eigenvalue weighted by Gasteiger charge is -2.39. The summed E-state index contributed by atoms with van der Waals surface area (Å²) in [5, 5.41) is 21.0. The molecular weight excluding hydrogens is 603 g/mol. The number of anilines is 2. The molecule has 1 saturated carbocycles. The number of carbonyl (C=O) groups excluding carboxylic acids is 2. The van der Waals surface area contributed by atoms with E-state index in [0.29, 0.717) is 11.5 Å². The molecule has 3 amide bonds. The second-order valence-corrected chi connectivity index (χ2v) is 13.8. The van der Waals surface area contributed by atoms with Gasteiger partial charge in [-0.25, -0.2) is 13.2 Å².